The van der Waals surface area contributed by atoms with Gasteiger partial charge in [-0.3, -0.25) is 116 Å². The summed E-state index contributed by atoms with van der Waals surface area (Å²) in [6.07, 6.45) is -7.74. The van der Waals surface area contributed by atoms with Gasteiger partial charge in [0, 0.05) is 51.6 Å². The molecule has 55 nitrogen and oxygen atoms in total. The number of hydrogen-bond acceptors (Lipinski definition) is 28. The second-order valence-electron chi connectivity index (χ2n) is 37.3. The molecule has 0 heterocycles. The van der Waals surface area contributed by atoms with E-state index in [0.29, 0.717) is 0 Å². The van der Waals surface area contributed by atoms with Crippen molar-refractivity contribution in [1.29, 1.82) is 10.8 Å². The number of rotatable bonds is 73. The number of carbonyl (C=O) groups is 23. The van der Waals surface area contributed by atoms with Gasteiger partial charge >= 0.3 is 17.9 Å². The first-order valence-corrected chi connectivity index (χ1v) is 48.3. The predicted molar refractivity (Wildman–Crippen MR) is 526 cm³/mol. The van der Waals surface area contributed by atoms with Crippen LogP contribution in [-0.4, -0.2) is 291 Å². The van der Waals surface area contributed by atoms with Crippen LogP contribution in [0.25, 0.3) is 0 Å². The number of phenols is 1. The molecule has 1 rings (SSSR count). The molecule has 0 aliphatic rings. The molecule has 40 N–H and O–H groups in total. The zero-order valence-electron chi connectivity index (χ0n) is 84.7. The fourth-order valence-electron chi connectivity index (χ4n) is 14.4. The SMILES string of the molecule is CC[C@H](C)[C@H](NC(=O)[C@H](CCCNC(=N)N)NC(=O)[C@H](C)NC(=O)[C@H](CCC(N)=O)NC(=O)[C@@H](N)CC(C)C)C(=O)N[C@@H](CC(C)C)C(=O)N[C@@H](C)C(=O)N[C@H](C(=O)N[C@@H](CCC(=O)O)C(=O)N[C@@H](CCCNC(=N)N)C(=O)N[C@@H](Cc1ccc(O)cc1)C(=O)N[C@@H](CC(C)C)C(=O)N[C@@H](CCCCN)C(=O)N[C@@H](CC(=O)O)C(=O)N[C@@H](CCC(N)=O)C(=O)N[C@@H](CCC(N)=O)C(=O)N[C@@H](CCC(N)=O)C(=O)O)C(C)C. The number of hydrogen-bond donors (Lipinski definition) is 32. The number of carboxylic acid groups (broad SMARTS) is 3. The third kappa shape index (κ3) is 52.5. The van der Waals surface area contributed by atoms with Crippen molar-refractivity contribution in [2.24, 2.45) is 75.5 Å². The molecule has 0 fully saturated rings. The summed E-state index contributed by atoms with van der Waals surface area (Å²) in [5.74, 6) is -29.3. The molecular weight excluding hydrogens is 1920 g/mol. The predicted octanol–water partition coefficient (Wildman–Crippen LogP) is -7.96. The lowest BCUT2D eigenvalue weighted by molar-refractivity contribution is -0.143. The number of amides is 20. The smallest absolute Gasteiger partial charge is 0.326 e. The molecule has 20 amide bonds. The molecule has 0 aromatic heterocycles. The van der Waals surface area contributed by atoms with Gasteiger partial charge in [-0.15, -0.1) is 0 Å². The summed E-state index contributed by atoms with van der Waals surface area (Å²) >= 11 is 0. The lowest BCUT2D eigenvalue weighted by atomic mass is 9.96. The van der Waals surface area contributed by atoms with E-state index < -0.39 is 333 Å². The van der Waals surface area contributed by atoms with Crippen molar-refractivity contribution in [2.45, 2.75) is 333 Å². The van der Waals surface area contributed by atoms with E-state index in [9.17, 15) is 121 Å². The molecule has 0 spiro atoms. The van der Waals surface area contributed by atoms with Crippen molar-refractivity contribution in [3.05, 3.63) is 29.8 Å². The van der Waals surface area contributed by atoms with Crippen LogP contribution >= 0.6 is 0 Å². The van der Waals surface area contributed by atoms with E-state index in [2.05, 4.69) is 95.7 Å². The summed E-state index contributed by atoms with van der Waals surface area (Å²) in [5, 5.41) is 100.0. The first kappa shape index (κ1) is 129. The summed E-state index contributed by atoms with van der Waals surface area (Å²) in [6.45, 7) is 19.1. The Morgan fingerprint density at radius 2 is 0.610 bits per heavy atom. The third-order valence-corrected chi connectivity index (χ3v) is 22.6. The van der Waals surface area contributed by atoms with Crippen LogP contribution < -0.4 is 142 Å². The van der Waals surface area contributed by atoms with E-state index in [1.54, 1.807) is 41.5 Å². The van der Waals surface area contributed by atoms with Gasteiger partial charge in [0.2, 0.25) is 118 Å². The maximum absolute atomic E-state index is 15.1. The van der Waals surface area contributed by atoms with Gasteiger partial charge in [0.05, 0.1) is 12.5 Å². The molecule has 146 heavy (non-hydrogen) atoms. The fourth-order valence-corrected chi connectivity index (χ4v) is 14.4. The first-order valence-electron chi connectivity index (χ1n) is 48.3. The molecule has 0 radical (unpaired) electrons. The minimum Gasteiger partial charge on any atom is -0.508 e. The first-order chi connectivity index (χ1) is 68.2. The molecular formula is C91H154N28O27. The van der Waals surface area contributed by atoms with E-state index in [1.807, 2.05) is 13.8 Å². The number of nitrogens with two attached hydrogens (primary N) is 8. The Bertz CT molecular complexity index is 4640. The van der Waals surface area contributed by atoms with E-state index in [1.165, 1.54) is 52.0 Å². The van der Waals surface area contributed by atoms with Crippen LogP contribution in [0.4, 0.5) is 0 Å². The summed E-state index contributed by atoms with van der Waals surface area (Å²) in [4.78, 5) is 313. The van der Waals surface area contributed by atoms with Gasteiger partial charge < -0.3 is 162 Å². The highest BCUT2D eigenvalue weighted by molar-refractivity contribution is 6.02. The second kappa shape index (κ2) is 67.0. The Kier molecular flexibility index (Phi) is 59.3. The molecule has 0 aliphatic heterocycles. The Balaban J connectivity index is 3.89. The standard InChI is InChI=1S/C91H154N28O27/c1-13-47(10)72(119-82(138)55(20-17-37-103-91(100)101)106-73(129)48(11)104-76(132)56(25-30-65(94)121)107-75(131)52(93)38-43(2)3)88(144)117-61(39-44(4)5)83(139)105-49(12)74(130)118-71(46(8)9)87(143)112-59(29-34-69(125)126)80(136)108-54(19-16-36-102-90(98)99)78(134)115-63(41-50-21-23-51(120)24-22-50)85(141)114-62(40-45(6)7)84(140)109-53(18-14-15-35-92)77(133)116-64(42-70(127)128)86(142)111-57(26-31-66(95)122)79(135)110-58(27-32-67(96)123)81(137)113-60(89(145)146)28-33-68(97)124/h21-24,43-49,52-64,71-72,120H,13-20,25-42,92-93H2,1-12H3,(H2,94,121)(H2,95,122)(H2,96,123)(H2,97,124)(H,104,132)(H,105,139)(H,106,129)(H,107,131)(H,108,136)(H,109,140)(H,110,135)(H,111,142)(H,112,143)(H,113,137)(H,114,141)(H,115,134)(H,116,133)(H,117,144)(H,118,130)(H,119,138)(H,125,126)(H,127,128)(H,145,146)(H4,98,99,102)(H4,100,101,103)/t47-,48-,49-,52-,53-,54-,55-,56-,57-,58-,59-,60-,61-,62-,63-,64-,71-,72-/m0/s1. The van der Waals surface area contributed by atoms with Crippen LogP contribution in [0.3, 0.4) is 0 Å². The Morgan fingerprint density at radius 3 is 0.986 bits per heavy atom. The van der Waals surface area contributed by atoms with Crippen molar-refractivity contribution < 1.29 is 131 Å². The Morgan fingerprint density at radius 1 is 0.315 bits per heavy atom. The van der Waals surface area contributed by atoms with Crippen LogP contribution in [0.5, 0.6) is 5.75 Å². The molecule has 820 valence electrons. The van der Waals surface area contributed by atoms with Crippen LogP contribution in [-0.2, 0) is 117 Å². The number of phenolic OH excluding ortho intramolecular Hbond substituents is 1. The lowest BCUT2D eigenvalue weighted by Crippen LogP contribution is -2.61. The topological polar surface area (TPSA) is 946 Å². The van der Waals surface area contributed by atoms with Gasteiger partial charge in [0.1, 0.15) is 102 Å². The van der Waals surface area contributed by atoms with Gasteiger partial charge in [-0.1, -0.05) is 87.8 Å². The molecule has 1 aromatic rings. The number of aliphatic carboxylic acids is 3. The van der Waals surface area contributed by atoms with E-state index in [0.717, 1.165) is 0 Å². The number of carboxylic acids is 3. The van der Waals surface area contributed by atoms with Gasteiger partial charge in [0.15, 0.2) is 11.9 Å². The van der Waals surface area contributed by atoms with E-state index >= 15 is 9.59 Å². The molecule has 0 aliphatic carbocycles. The molecule has 0 bridgehead atoms. The van der Waals surface area contributed by atoms with Crippen LogP contribution in [0.1, 0.15) is 230 Å². The Labute approximate surface area is 845 Å². The van der Waals surface area contributed by atoms with Crippen LogP contribution in [0.15, 0.2) is 24.3 Å². The highest BCUT2D eigenvalue weighted by Gasteiger charge is 2.41. The highest BCUT2D eigenvalue weighted by atomic mass is 16.4. The average Bonchev–Trinajstić information content (AvgIpc) is 0.848. The summed E-state index contributed by atoms with van der Waals surface area (Å²) < 4.78 is 0. The second-order valence-corrected chi connectivity index (χ2v) is 37.3. The monoisotopic (exact) mass is 2070 g/mol. The van der Waals surface area contributed by atoms with Crippen molar-refractivity contribution >= 4 is 148 Å². The number of carbonyl (C=O) groups excluding carboxylic acids is 20. The molecule has 18 atom stereocenters. The van der Waals surface area contributed by atoms with Gasteiger partial charge in [0.25, 0.3) is 0 Å². The van der Waals surface area contributed by atoms with Crippen LogP contribution in [0.2, 0.25) is 0 Å². The average molecular weight is 2070 g/mol. The number of nitrogens with one attached hydrogen (secondary N) is 20. The normalized spacial score (nSPS) is 14.8. The zero-order valence-corrected chi connectivity index (χ0v) is 84.7. The number of unbranched alkanes of at least 4 members (excludes halogenated alkanes) is 1. The van der Waals surface area contributed by atoms with E-state index in [4.69, 9.17) is 56.7 Å². The van der Waals surface area contributed by atoms with Gasteiger partial charge in [-0.25, -0.2) is 4.79 Å². The number of primary amides is 4. The summed E-state index contributed by atoms with van der Waals surface area (Å²) in [6, 6.07) is -22.4. The molecule has 0 unspecified atom stereocenters. The van der Waals surface area contributed by atoms with Crippen molar-refractivity contribution in [1.82, 2.24) is 95.7 Å². The van der Waals surface area contributed by atoms with Crippen molar-refractivity contribution in [2.75, 3.05) is 19.6 Å². The summed E-state index contributed by atoms with van der Waals surface area (Å²) in [7, 11) is 0. The number of guanidine groups is 2. The minimum absolute atomic E-state index is 0.00612. The van der Waals surface area contributed by atoms with Gasteiger partial charge in [-0.2, -0.15) is 0 Å². The number of aromatic hydroxyl groups is 1. The zero-order chi connectivity index (χ0) is 111. The highest BCUT2D eigenvalue weighted by Crippen LogP contribution is 2.19. The molecule has 1 aromatic carbocycles. The van der Waals surface area contributed by atoms with Crippen molar-refractivity contribution in [3.8, 4) is 5.75 Å². The molecule has 0 saturated carbocycles. The lowest BCUT2D eigenvalue weighted by Gasteiger charge is -2.30. The quantitative estimate of drug-likeness (QED) is 0.0164. The maximum Gasteiger partial charge on any atom is 0.326 e. The maximum atomic E-state index is 15.1. The fraction of sp³-hybridized carbons (Fsp3) is 0.659. The third-order valence-electron chi connectivity index (χ3n) is 22.6. The largest absolute Gasteiger partial charge is 0.508 e. The molecule has 55 heteroatoms. The van der Waals surface area contributed by atoms with Gasteiger partial charge in [-0.05, 0) is 164 Å². The van der Waals surface area contributed by atoms with Crippen LogP contribution in [0, 0.1) is 40.4 Å². The summed E-state index contributed by atoms with van der Waals surface area (Å²) in [5.41, 5.74) is 44.4. The Hall–Kier alpha value is -14.7. The number of benzene rings is 1. The van der Waals surface area contributed by atoms with Crippen molar-refractivity contribution in [3.63, 3.8) is 0 Å². The minimum atomic E-state index is -2.14. The molecule has 0 saturated heterocycles. The van der Waals surface area contributed by atoms with E-state index in [-0.39, 0.29) is 126 Å².